The Morgan fingerprint density at radius 1 is 1.36 bits per heavy atom. The predicted molar refractivity (Wildman–Crippen MR) is 81.5 cm³/mol. The Kier molecular flexibility index (Phi) is 4.49. The van der Waals surface area contributed by atoms with E-state index in [0.717, 1.165) is 11.3 Å². The molecule has 1 aromatic carbocycles. The molecule has 1 fully saturated rings. The number of hydrogen-bond donors (Lipinski definition) is 2. The molecular formula is C16H20N2O4. The highest BCUT2D eigenvalue weighted by Gasteiger charge is 2.39. The molecule has 2 N–H and O–H groups in total. The second kappa shape index (κ2) is 6.17. The summed E-state index contributed by atoms with van der Waals surface area (Å²) in [6.07, 6.45) is 0.892. The molecular weight excluding hydrogens is 284 g/mol. The number of anilines is 1. The van der Waals surface area contributed by atoms with Crippen LogP contribution in [0.4, 0.5) is 5.69 Å². The molecule has 0 bridgehead atoms. The Balaban J connectivity index is 2.09. The first-order valence-corrected chi connectivity index (χ1v) is 7.22. The molecule has 6 heteroatoms. The summed E-state index contributed by atoms with van der Waals surface area (Å²) in [7, 11) is 1.44. The number of hydrogen-bond acceptors (Lipinski definition) is 3. The number of carboxylic acids is 1. The number of carbonyl (C=O) groups is 3. The molecule has 2 rings (SSSR count). The number of carboxylic acid groups (broad SMARTS) is 1. The largest absolute Gasteiger partial charge is 0.480 e. The highest BCUT2D eigenvalue weighted by atomic mass is 16.4. The maximum atomic E-state index is 12.3. The van der Waals surface area contributed by atoms with Crippen LogP contribution in [0.15, 0.2) is 24.3 Å². The van der Waals surface area contributed by atoms with Crippen molar-refractivity contribution in [3.8, 4) is 0 Å². The lowest BCUT2D eigenvalue weighted by molar-refractivity contribution is -0.141. The SMILES string of the molecule is CC1CC1C(=O)Nc1cccc(C(=O)N(C)C(C)C(=O)O)c1. The van der Waals surface area contributed by atoms with E-state index < -0.39 is 17.9 Å². The van der Waals surface area contributed by atoms with Crippen molar-refractivity contribution < 1.29 is 19.5 Å². The van der Waals surface area contributed by atoms with Gasteiger partial charge in [0, 0.05) is 24.2 Å². The van der Waals surface area contributed by atoms with E-state index in [-0.39, 0.29) is 11.8 Å². The second-order valence-electron chi connectivity index (χ2n) is 5.82. The molecule has 118 valence electrons. The van der Waals surface area contributed by atoms with Crippen molar-refractivity contribution in [1.29, 1.82) is 0 Å². The van der Waals surface area contributed by atoms with Gasteiger partial charge in [-0.1, -0.05) is 13.0 Å². The minimum atomic E-state index is -1.07. The molecule has 1 saturated carbocycles. The summed E-state index contributed by atoms with van der Waals surface area (Å²) in [5, 5.41) is 11.8. The maximum Gasteiger partial charge on any atom is 0.326 e. The van der Waals surface area contributed by atoms with Crippen molar-refractivity contribution in [2.75, 3.05) is 12.4 Å². The van der Waals surface area contributed by atoms with Crippen LogP contribution in [-0.4, -0.2) is 40.9 Å². The van der Waals surface area contributed by atoms with Crippen LogP contribution in [0.2, 0.25) is 0 Å². The summed E-state index contributed by atoms with van der Waals surface area (Å²) < 4.78 is 0. The molecule has 1 aliphatic carbocycles. The maximum absolute atomic E-state index is 12.3. The average molecular weight is 304 g/mol. The van der Waals surface area contributed by atoms with E-state index in [0.29, 0.717) is 17.2 Å². The standard InChI is InChI=1S/C16H20N2O4/c1-9-7-13(9)14(19)17-12-6-4-5-11(8-12)15(20)18(3)10(2)16(21)22/h4-6,8-10,13H,7H2,1-3H3,(H,17,19)(H,21,22). The Hall–Kier alpha value is -2.37. The van der Waals surface area contributed by atoms with Gasteiger partial charge in [0.2, 0.25) is 5.91 Å². The first-order valence-electron chi connectivity index (χ1n) is 7.22. The second-order valence-corrected chi connectivity index (χ2v) is 5.82. The highest BCUT2D eigenvalue weighted by molar-refractivity contribution is 5.99. The van der Waals surface area contributed by atoms with Crippen LogP contribution in [0.25, 0.3) is 0 Å². The number of rotatable bonds is 5. The summed E-state index contributed by atoms with van der Waals surface area (Å²) in [5.74, 6) is -1.04. The highest BCUT2D eigenvalue weighted by Crippen LogP contribution is 2.38. The quantitative estimate of drug-likeness (QED) is 0.869. The Labute approximate surface area is 129 Å². The van der Waals surface area contributed by atoms with Crippen LogP contribution in [0.1, 0.15) is 30.6 Å². The van der Waals surface area contributed by atoms with E-state index in [4.69, 9.17) is 5.11 Å². The van der Waals surface area contributed by atoms with Crippen LogP contribution >= 0.6 is 0 Å². The van der Waals surface area contributed by atoms with Gasteiger partial charge in [-0.05, 0) is 37.5 Å². The van der Waals surface area contributed by atoms with Gasteiger partial charge in [-0.3, -0.25) is 9.59 Å². The molecule has 0 aliphatic heterocycles. The smallest absolute Gasteiger partial charge is 0.326 e. The van der Waals surface area contributed by atoms with Gasteiger partial charge in [-0.2, -0.15) is 0 Å². The molecule has 0 heterocycles. The van der Waals surface area contributed by atoms with Crippen molar-refractivity contribution in [1.82, 2.24) is 4.90 Å². The zero-order valence-electron chi connectivity index (χ0n) is 12.9. The normalized spacial score (nSPS) is 20.9. The van der Waals surface area contributed by atoms with Gasteiger partial charge in [-0.15, -0.1) is 0 Å². The average Bonchev–Trinajstić information content (AvgIpc) is 3.22. The summed E-state index contributed by atoms with van der Waals surface area (Å²) in [6.45, 7) is 3.47. The van der Waals surface area contributed by atoms with Gasteiger partial charge in [-0.25, -0.2) is 4.79 Å². The molecule has 0 radical (unpaired) electrons. The van der Waals surface area contributed by atoms with Crippen molar-refractivity contribution >= 4 is 23.5 Å². The third-order valence-corrected chi connectivity index (χ3v) is 4.08. The van der Waals surface area contributed by atoms with Gasteiger partial charge in [0.15, 0.2) is 0 Å². The van der Waals surface area contributed by atoms with E-state index in [1.165, 1.54) is 14.0 Å². The molecule has 22 heavy (non-hydrogen) atoms. The molecule has 0 aromatic heterocycles. The molecule has 6 nitrogen and oxygen atoms in total. The topological polar surface area (TPSA) is 86.7 Å². The van der Waals surface area contributed by atoms with Crippen molar-refractivity contribution in [2.24, 2.45) is 11.8 Å². The lowest BCUT2D eigenvalue weighted by Crippen LogP contribution is -2.40. The number of benzene rings is 1. The third-order valence-electron chi connectivity index (χ3n) is 4.08. The number of nitrogens with one attached hydrogen (secondary N) is 1. The zero-order chi connectivity index (χ0) is 16.4. The minimum absolute atomic E-state index is 0.0376. The van der Waals surface area contributed by atoms with Crippen LogP contribution in [0.5, 0.6) is 0 Å². The first-order chi connectivity index (χ1) is 10.3. The van der Waals surface area contributed by atoms with E-state index in [9.17, 15) is 14.4 Å². The van der Waals surface area contributed by atoms with Gasteiger partial charge in [0.25, 0.3) is 5.91 Å². The fourth-order valence-corrected chi connectivity index (χ4v) is 2.20. The van der Waals surface area contributed by atoms with Crippen molar-refractivity contribution in [3.63, 3.8) is 0 Å². The van der Waals surface area contributed by atoms with Gasteiger partial charge >= 0.3 is 5.97 Å². The molecule has 3 atom stereocenters. The number of likely N-dealkylation sites (N-methyl/N-ethyl adjacent to an activating group) is 1. The van der Waals surface area contributed by atoms with Gasteiger partial charge in [0.05, 0.1) is 0 Å². The Morgan fingerprint density at radius 3 is 2.55 bits per heavy atom. The summed E-state index contributed by atoms with van der Waals surface area (Å²) >= 11 is 0. The molecule has 2 amide bonds. The van der Waals surface area contributed by atoms with Crippen LogP contribution in [0, 0.1) is 11.8 Å². The molecule has 1 aromatic rings. The zero-order valence-corrected chi connectivity index (χ0v) is 12.9. The van der Waals surface area contributed by atoms with Gasteiger partial charge < -0.3 is 15.3 Å². The number of aliphatic carboxylic acids is 1. The summed E-state index contributed by atoms with van der Waals surface area (Å²) in [4.78, 5) is 36.3. The molecule has 0 spiro atoms. The Bertz CT molecular complexity index is 614. The van der Waals surface area contributed by atoms with Crippen molar-refractivity contribution in [3.05, 3.63) is 29.8 Å². The fraction of sp³-hybridized carbons (Fsp3) is 0.438. The monoisotopic (exact) mass is 304 g/mol. The minimum Gasteiger partial charge on any atom is -0.480 e. The number of nitrogens with zero attached hydrogens (tertiary/aromatic N) is 1. The van der Waals surface area contributed by atoms with Crippen LogP contribution < -0.4 is 5.32 Å². The molecule has 1 aliphatic rings. The number of carbonyl (C=O) groups excluding carboxylic acids is 2. The lowest BCUT2D eigenvalue weighted by Gasteiger charge is -2.21. The predicted octanol–water partition coefficient (Wildman–Crippen LogP) is 1.83. The van der Waals surface area contributed by atoms with E-state index >= 15 is 0 Å². The van der Waals surface area contributed by atoms with E-state index in [1.54, 1.807) is 24.3 Å². The molecule has 0 saturated heterocycles. The van der Waals surface area contributed by atoms with E-state index in [2.05, 4.69) is 5.32 Å². The lowest BCUT2D eigenvalue weighted by atomic mass is 10.1. The summed E-state index contributed by atoms with van der Waals surface area (Å²) in [6, 6.07) is 5.63. The molecule has 3 unspecified atom stereocenters. The van der Waals surface area contributed by atoms with Crippen LogP contribution in [0.3, 0.4) is 0 Å². The summed E-state index contributed by atoms with van der Waals surface area (Å²) in [5.41, 5.74) is 0.892. The number of amides is 2. The van der Waals surface area contributed by atoms with E-state index in [1.807, 2.05) is 6.92 Å². The Morgan fingerprint density at radius 2 is 2.00 bits per heavy atom. The fourth-order valence-electron chi connectivity index (χ4n) is 2.20. The first kappa shape index (κ1) is 16.0. The third kappa shape index (κ3) is 3.44. The van der Waals surface area contributed by atoms with Crippen LogP contribution in [-0.2, 0) is 9.59 Å². The van der Waals surface area contributed by atoms with Crippen molar-refractivity contribution in [2.45, 2.75) is 26.3 Å². The van der Waals surface area contributed by atoms with Gasteiger partial charge in [0.1, 0.15) is 6.04 Å².